The van der Waals surface area contributed by atoms with Gasteiger partial charge in [-0.05, 0) is 19.4 Å². The van der Waals surface area contributed by atoms with Crippen LogP contribution in [0.1, 0.15) is 26.0 Å². The molecule has 96 valence electrons. The summed E-state index contributed by atoms with van der Waals surface area (Å²) in [5, 5.41) is 4.22. The SMILES string of the molecule is CCCn1nccc1CC(CN)C(=O)OCC. The van der Waals surface area contributed by atoms with Crippen molar-refractivity contribution < 1.29 is 9.53 Å². The lowest BCUT2D eigenvalue weighted by molar-refractivity contribution is -0.147. The van der Waals surface area contributed by atoms with Gasteiger partial charge < -0.3 is 10.5 Å². The highest BCUT2D eigenvalue weighted by atomic mass is 16.5. The Kier molecular flexibility index (Phi) is 5.69. The van der Waals surface area contributed by atoms with E-state index in [1.54, 1.807) is 13.1 Å². The summed E-state index contributed by atoms with van der Waals surface area (Å²) in [6.07, 6.45) is 3.36. The van der Waals surface area contributed by atoms with Crippen molar-refractivity contribution in [2.24, 2.45) is 11.7 Å². The molecule has 0 aliphatic heterocycles. The first kappa shape index (κ1) is 13.7. The highest BCUT2D eigenvalue weighted by molar-refractivity contribution is 5.73. The molecule has 1 unspecified atom stereocenters. The van der Waals surface area contributed by atoms with Gasteiger partial charge in [0.1, 0.15) is 0 Å². The van der Waals surface area contributed by atoms with Crippen LogP contribution in [0.25, 0.3) is 0 Å². The number of rotatable bonds is 7. The molecule has 0 bridgehead atoms. The molecular weight excluding hydrogens is 218 g/mol. The van der Waals surface area contributed by atoms with E-state index in [0.29, 0.717) is 19.6 Å². The van der Waals surface area contributed by atoms with E-state index in [0.717, 1.165) is 18.7 Å². The molecule has 0 aliphatic rings. The molecule has 0 aromatic carbocycles. The Labute approximate surface area is 102 Å². The Bertz CT molecular complexity index is 349. The van der Waals surface area contributed by atoms with Crippen molar-refractivity contribution in [2.75, 3.05) is 13.2 Å². The van der Waals surface area contributed by atoms with E-state index in [1.165, 1.54) is 0 Å². The third-order valence-corrected chi connectivity index (χ3v) is 2.60. The molecule has 2 N–H and O–H groups in total. The highest BCUT2D eigenvalue weighted by Crippen LogP contribution is 2.10. The highest BCUT2D eigenvalue weighted by Gasteiger charge is 2.20. The first-order chi connectivity index (χ1) is 8.22. The van der Waals surface area contributed by atoms with Crippen LogP contribution in [0.2, 0.25) is 0 Å². The molecule has 1 heterocycles. The fourth-order valence-corrected chi connectivity index (χ4v) is 1.72. The molecule has 1 atom stereocenters. The van der Waals surface area contributed by atoms with Crippen LogP contribution in [0.15, 0.2) is 12.3 Å². The Morgan fingerprint density at radius 2 is 2.35 bits per heavy atom. The second kappa shape index (κ2) is 7.06. The third-order valence-electron chi connectivity index (χ3n) is 2.60. The average molecular weight is 239 g/mol. The first-order valence-corrected chi connectivity index (χ1v) is 6.10. The van der Waals surface area contributed by atoms with Gasteiger partial charge in [0.15, 0.2) is 0 Å². The Morgan fingerprint density at radius 3 is 2.94 bits per heavy atom. The topological polar surface area (TPSA) is 70.1 Å². The van der Waals surface area contributed by atoms with Crippen LogP contribution in [0, 0.1) is 5.92 Å². The zero-order valence-electron chi connectivity index (χ0n) is 10.6. The fraction of sp³-hybridized carbons (Fsp3) is 0.667. The molecule has 17 heavy (non-hydrogen) atoms. The monoisotopic (exact) mass is 239 g/mol. The number of carbonyl (C=O) groups excluding carboxylic acids is 1. The molecular formula is C12H21N3O2. The quantitative estimate of drug-likeness (QED) is 0.720. The van der Waals surface area contributed by atoms with Gasteiger partial charge in [-0.25, -0.2) is 0 Å². The predicted molar refractivity (Wildman–Crippen MR) is 65.4 cm³/mol. The minimum atomic E-state index is -0.276. The number of nitrogens with zero attached hydrogens (tertiary/aromatic N) is 2. The van der Waals surface area contributed by atoms with Crippen molar-refractivity contribution in [2.45, 2.75) is 33.2 Å². The fourth-order valence-electron chi connectivity index (χ4n) is 1.72. The first-order valence-electron chi connectivity index (χ1n) is 6.10. The minimum Gasteiger partial charge on any atom is -0.466 e. The van der Waals surface area contributed by atoms with Crippen LogP contribution < -0.4 is 5.73 Å². The predicted octanol–water partition coefficient (Wildman–Crippen LogP) is 0.974. The summed E-state index contributed by atoms with van der Waals surface area (Å²) in [4.78, 5) is 11.6. The molecule has 0 saturated heterocycles. The van der Waals surface area contributed by atoms with Crippen molar-refractivity contribution in [1.29, 1.82) is 0 Å². The minimum absolute atomic E-state index is 0.223. The van der Waals surface area contributed by atoms with E-state index in [1.807, 2.05) is 10.7 Å². The van der Waals surface area contributed by atoms with Crippen molar-refractivity contribution >= 4 is 5.97 Å². The number of carbonyl (C=O) groups is 1. The van der Waals surface area contributed by atoms with Gasteiger partial charge >= 0.3 is 5.97 Å². The molecule has 0 amide bonds. The summed E-state index contributed by atoms with van der Waals surface area (Å²) >= 11 is 0. The maximum Gasteiger partial charge on any atom is 0.310 e. The Morgan fingerprint density at radius 1 is 1.59 bits per heavy atom. The molecule has 1 aromatic heterocycles. The van der Waals surface area contributed by atoms with E-state index in [2.05, 4.69) is 12.0 Å². The molecule has 5 nitrogen and oxygen atoms in total. The smallest absolute Gasteiger partial charge is 0.310 e. The lowest BCUT2D eigenvalue weighted by Crippen LogP contribution is -2.28. The molecule has 0 fully saturated rings. The van der Waals surface area contributed by atoms with E-state index in [-0.39, 0.29) is 11.9 Å². The van der Waals surface area contributed by atoms with Gasteiger partial charge in [0.25, 0.3) is 0 Å². The van der Waals surface area contributed by atoms with Crippen LogP contribution in [0.3, 0.4) is 0 Å². The van der Waals surface area contributed by atoms with E-state index < -0.39 is 0 Å². The van der Waals surface area contributed by atoms with Crippen LogP contribution in [-0.4, -0.2) is 28.9 Å². The van der Waals surface area contributed by atoms with Crippen molar-refractivity contribution in [1.82, 2.24) is 9.78 Å². The largest absolute Gasteiger partial charge is 0.466 e. The lowest BCUT2D eigenvalue weighted by atomic mass is 10.0. The number of aryl methyl sites for hydroxylation is 1. The number of ether oxygens (including phenoxy) is 1. The van der Waals surface area contributed by atoms with Gasteiger partial charge in [0.2, 0.25) is 0 Å². The maximum atomic E-state index is 11.6. The number of hydrogen-bond acceptors (Lipinski definition) is 4. The van der Waals surface area contributed by atoms with Crippen molar-refractivity contribution in [3.63, 3.8) is 0 Å². The van der Waals surface area contributed by atoms with Gasteiger partial charge in [-0.2, -0.15) is 5.10 Å². The van der Waals surface area contributed by atoms with Gasteiger partial charge in [0.05, 0.1) is 12.5 Å². The van der Waals surface area contributed by atoms with Gasteiger partial charge in [0, 0.05) is 31.4 Å². The summed E-state index contributed by atoms with van der Waals surface area (Å²) in [5.74, 6) is -0.499. The van der Waals surface area contributed by atoms with Gasteiger partial charge in [-0.1, -0.05) is 6.92 Å². The van der Waals surface area contributed by atoms with E-state index in [9.17, 15) is 4.79 Å². The summed E-state index contributed by atoms with van der Waals surface area (Å²) in [6.45, 7) is 5.45. The molecule has 1 aromatic rings. The zero-order valence-corrected chi connectivity index (χ0v) is 10.6. The summed E-state index contributed by atoms with van der Waals surface area (Å²) in [5.41, 5.74) is 6.65. The van der Waals surface area contributed by atoms with E-state index in [4.69, 9.17) is 10.5 Å². The lowest BCUT2D eigenvalue weighted by Gasteiger charge is -2.14. The normalized spacial score (nSPS) is 12.4. The van der Waals surface area contributed by atoms with Crippen LogP contribution >= 0.6 is 0 Å². The molecule has 1 rings (SSSR count). The number of aromatic nitrogens is 2. The van der Waals surface area contributed by atoms with Crippen molar-refractivity contribution in [3.05, 3.63) is 18.0 Å². The van der Waals surface area contributed by atoms with Crippen LogP contribution in [0.4, 0.5) is 0 Å². The number of nitrogens with two attached hydrogens (primary N) is 1. The second-order valence-electron chi connectivity index (χ2n) is 3.93. The Hall–Kier alpha value is -1.36. The molecule has 0 spiro atoms. The zero-order chi connectivity index (χ0) is 12.7. The van der Waals surface area contributed by atoms with Gasteiger partial charge in [-0.15, -0.1) is 0 Å². The number of esters is 1. The standard InChI is InChI=1S/C12H21N3O2/c1-3-7-15-11(5-6-14-15)8-10(9-13)12(16)17-4-2/h5-6,10H,3-4,7-9,13H2,1-2H3. The van der Waals surface area contributed by atoms with Crippen LogP contribution in [-0.2, 0) is 22.5 Å². The molecule has 0 radical (unpaired) electrons. The van der Waals surface area contributed by atoms with Crippen LogP contribution in [0.5, 0.6) is 0 Å². The Balaban J connectivity index is 2.66. The molecule has 0 saturated carbocycles. The number of hydrogen-bond donors (Lipinski definition) is 1. The van der Waals surface area contributed by atoms with Gasteiger partial charge in [-0.3, -0.25) is 9.48 Å². The van der Waals surface area contributed by atoms with Crippen molar-refractivity contribution in [3.8, 4) is 0 Å². The average Bonchev–Trinajstić information content (AvgIpc) is 2.74. The summed E-state index contributed by atoms with van der Waals surface area (Å²) in [7, 11) is 0. The summed E-state index contributed by atoms with van der Waals surface area (Å²) in [6, 6.07) is 1.93. The second-order valence-corrected chi connectivity index (χ2v) is 3.93. The maximum absolute atomic E-state index is 11.6. The van der Waals surface area contributed by atoms with E-state index >= 15 is 0 Å². The summed E-state index contributed by atoms with van der Waals surface area (Å²) < 4.78 is 6.91. The third kappa shape index (κ3) is 3.85. The molecule has 0 aliphatic carbocycles. The molecule has 5 heteroatoms.